The molecule has 1 aliphatic rings. The van der Waals surface area contributed by atoms with E-state index in [0.717, 1.165) is 30.8 Å². The largest absolute Gasteiger partial charge is 0.496 e. The average molecular weight is 310 g/mol. The van der Waals surface area contributed by atoms with Gasteiger partial charge in [-0.15, -0.1) is 0 Å². The van der Waals surface area contributed by atoms with E-state index < -0.39 is 0 Å². The summed E-state index contributed by atoms with van der Waals surface area (Å²) in [6.45, 7) is 6.15. The predicted octanol–water partition coefficient (Wildman–Crippen LogP) is 3.64. The quantitative estimate of drug-likeness (QED) is 0.937. The Hall–Kier alpha value is -2.49. The Morgan fingerprint density at radius 3 is 2.83 bits per heavy atom. The maximum atomic E-state index is 12.6. The first-order valence-electron chi connectivity index (χ1n) is 7.96. The van der Waals surface area contributed by atoms with E-state index in [1.54, 1.807) is 7.11 Å². The number of likely N-dealkylation sites (N-methyl/N-ethyl adjacent to an activating group) is 1. The molecular formula is C19H22N2O2. The smallest absolute Gasteiger partial charge is 0.259 e. The number of rotatable bonds is 4. The Bertz CT molecular complexity index is 740. The third kappa shape index (κ3) is 3.02. The van der Waals surface area contributed by atoms with Crippen LogP contribution in [0.25, 0.3) is 0 Å². The number of methoxy groups -OCH3 is 1. The second-order valence-electron chi connectivity index (χ2n) is 5.83. The van der Waals surface area contributed by atoms with Gasteiger partial charge in [0.2, 0.25) is 0 Å². The number of amides is 1. The van der Waals surface area contributed by atoms with Crippen molar-refractivity contribution in [3.63, 3.8) is 0 Å². The van der Waals surface area contributed by atoms with Gasteiger partial charge < -0.3 is 15.0 Å². The molecule has 1 amide bonds. The molecule has 1 heterocycles. The first-order valence-corrected chi connectivity index (χ1v) is 7.96. The van der Waals surface area contributed by atoms with Gasteiger partial charge in [-0.05, 0) is 50.1 Å². The second kappa shape index (κ2) is 6.32. The third-order valence-electron chi connectivity index (χ3n) is 4.32. The Balaban J connectivity index is 1.85. The van der Waals surface area contributed by atoms with Gasteiger partial charge >= 0.3 is 0 Å². The van der Waals surface area contributed by atoms with Crippen molar-refractivity contribution in [1.82, 2.24) is 0 Å². The normalized spacial score (nSPS) is 12.9. The van der Waals surface area contributed by atoms with Crippen LogP contribution in [-0.2, 0) is 6.42 Å². The summed E-state index contributed by atoms with van der Waals surface area (Å²) in [4.78, 5) is 14.9. The number of carbonyl (C=O) groups is 1. The predicted molar refractivity (Wildman–Crippen MR) is 93.7 cm³/mol. The maximum Gasteiger partial charge on any atom is 0.259 e. The molecule has 0 aliphatic carbocycles. The minimum Gasteiger partial charge on any atom is -0.496 e. The van der Waals surface area contributed by atoms with Crippen molar-refractivity contribution in [2.75, 3.05) is 30.4 Å². The molecular weight excluding hydrogens is 288 g/mol. The molecule has 1 aliphatic heterocycles. The van der Waals surface area contributed by atoms with Gasteiger partial charge in [0.05, 0.1) is 12.7 Å². The number of carbonyl (C=O) groups excluding carboxylic acids is 1. The SMILES string of the molecule is CCN1CCc2ccc(NC(=O)c3cc(C)ccc3OC)cc21. The number of anilines is 2. The van der Waals surface area contributed by atoms with Gasteiger partial charge in [0.1, 0.15) is 5.75 Å². The van der Waals surface area contributed by atoms with Crippen LogP contribution in [0.4, 0.5) is 11.4 Å². The molecule has 4 nitrogen and oxygen atoms in total. The molecule has 0 aromatic heterocycles. The van der Waals surface area contributed by atoms with Crippen molar-refractivity contribution in [2.24, 2.45) is 0 Å². The van der Waals surface area contributed by atoms with Crippen LogP contribution in [0.5, 0.6) is 5.75 Å². The monoisotopic (exact) mass is 310 g/mol. The van der Waals surface area contributed by atoms with Gasteiger partial charge in [0.15, 0.2) is 0 Å². The molecule has 2 aromatic carbocycles. The Morgan fingerprint density at radius 2 is 2.09 bits per heavy atom. The van der Waals surface area contributed by atoms with E-state index in [9.17, 15) is 4.79 Å². The molecule has 0 atom stereocenters. The van der Waals surface area contributed by atoms with Gasteiger partial charge in [-0.25, -0.2) is 0 Å². The Morgan fingerprint density at radius 1 is 1.26 bits per heavy atom. The molecule has 0 radical (unpaired) electrons. The Labute approximate surface area is 137 Å². The van der Waals surface area contributed by atoms with Crippen LogP contribution in [-0.4, -0.2) is 26.1 Å². The van der Waals surface area contributed by atoms with Crippen molar-refractivity contribution >= 4 is 17.3 Å². The number of hydrogen-bond donors (Lipinski definition) is 1. The molecule has 0 saturated heterocycles. The fraction of sp³-hybridized carbons (Fsp3) is 0.316. The highest BCUT2D eigenvalue weighted by molar-refractivity contribution is 6.06. The standard InChI is InChI=1S/C19H22N2O2/c1-4-21-10-9-14-6-7-15(12-17(14)21)20-19(22)16-11-13(2)5-8-18(16)23-3/h5-8,11-12H,4,9-10H2,1-3H3,(H,20,22). The summed E-state index contributed by atoms with van der Waals surface area (Å²) in [5, 5.41) is 2.99. The summed E-state index contributed by atoms with van der Waals surface area (Å²) in [7, 11) is 1.58. The van der Waals surface area contributed by atoms with E-state index in [2.05, 4.69) is 29.3 Å². The highest BCUT2D eigenvalue weighted by Crippen LogP contribution is 2.31. The van der Waals surface area contributed by atoms with E-state index >= 15 is 0 Å². The van der Waals surface area contributed by atoms with Crippen LogP contribution in [0.2, 0.25) is 0 Å². The zero-order valence-corrected chi connectivity index (χ0v) is 13.8. The van der Waals surface area contributed by atoms with Gasteiger partial charge in [0, 0.05) is 24.5 Å². The van der Waals surface area contributed by atoms with Crippen LogP contribution in [0.1, 0.15) is 28.4 Å². The molecule has 0 unspecified atom stereocenters. The lowest BCUT2D eigenvalue weighted by atomic mass is 10.1. The van der Waals surface area contributed by atoms with Crippen molar-refractivity contribution < 1.29 is 9.53 Å². The number of benzene rings is 2. The maximum absolute atomic E-state index is 12.6. The van der Waals surface area contributed by atoms with Crippen molar-refractivity contribution in [3.05, 3.63) is 53.1 Å². The average Bonchev–Trinajstić information content (AvgIpc) is 2.97. The summed E-state index contributed by atoms with van der Waals surface area (Å²) in [6, 6.07) is 11.7. The van der Waals surface area contributed by atoms with E-state index in [0.29, 0.717) is 11.3 Å². The summed E-state index contributed by atoms with van der Waals surface area (Å²) < 4.78 is 5.30. The van der Waals surface area contributed by atoms with Gasteiger partial charge in [-0.1, -0.05) is 17.7 Å². The number of hydrogen-bond acceptors (Lipinski definition) is 3. The lowest BCUT2D eigenvalue weighted by Crippen LogP contribution is -2.19. The zero-order chi connectivity index (χ0) is 16.4. The molecule has 4 heteroatoms. The van der Waals surface area contributed by atoms with Crippen molar-refractivity contribution in [1.29, 1.82) is 0 Å². The molecule has 0 saturated carbocycles. The molecule has 0 fully saturated rings. The summed E-state index contributed by atoms with van der Waals surface area (Å²) in [5.74, 6) is 0.441. The topological polar surface area (TPSA) is 41.6 Å². The number of aryl methyl sites for hydroxylation is 1. The zero-order valence-electron chi connectivity index (χ0n) is 13.8. The van der Waals surface area contributed by atoms with Gasteiger partial charge in [-0.3, -0.25) is 4.79 Å². The van der Waals surface area contributed by atoms with Crippen LogP contribution in [0.15, 0.2) is 36.4 Å². The fourth-order valence-corrected chi connectivity index (χ4v) is 3.05. The summed E-state index contributed by atoms with van der Waals surface area (Å²) in [6.07, 6.45) is 1.07. The Kier molecular flexibility index (Phi) is 4.24. The number of fused-ring (bicyclic) bond motifs is 1. The molecule has 2 aromatic rings. The highest BCUT2D eigenvalue weighted by Gasteiger charge is 2.19. The van der Waals surface area contributed by atoms with Gasteiger partial charge in [0.25, 0.3) is 5.91 Å². The summed E-state index contributed by atoms with van der Waals surface area (Å²) >= 11 is 0. The third-order valence-corrected chi connectivity index (χ3v) is 4.32. The fourth-order valence-electron chi connectivity index (χ4n) is 3.05. The first kappa shape index (κ1) is 15.4. The van der Waals surface area contributed by atoms with E-state index in [4.69, 9.17) is 4.74 Å². The summed E-state index contributed by atoms with van der Waals surface area (Å²) in [5.41, 5.74) is 4.97. The minimum atomic E-state index is -0.147. The van der Waals surface area contributed by atoms with E-state index in [1.165, 1.54) is 11.3 Å². The van der Waals surface area contributed by atoms with E-state index in [1.807, 2.05) is 31.2 Å². The number of ether oxygens (including phenoxy) is 1. The van der Waals surface area contributed by atoms with Crippen LogP contribution in [0.3, 0.4) is 0 Å². The lowest BCUT2D eigenvalue weighted by Gasteiger charge is -2.17. The molecule has 0 bridgehead atoms. The number of nitrogens with zero attached hydrogens (tertiary/aromatic N) is 1. The lowest BCUT2D eigenvalue weighted by molar-refractivity contribution is 0.102. The van der Waals surface area contributed by atoms with Crippen LogP contribution >= 0.6 is 0 Å². The molecule has 3 rings (SSSR count). The van der Waals surface area contributed by atoms with Crippen LogP contribution < -0.4 is 15.0 Å². The minimum absolute atomic E-state index is 0.147. The van der Waals surface area contributed by atoms with Crippen molar-refractivity contribution in [2.45, 2.75) is 20.3 Å². The first-order chi connectivity index (χ1) is 11.1. The van der Waals surface area contributed by atoms with Gasteiger partial charge in [-0.2, -0.15) is 0 Å². The van der Waals surface area contributed by atoms with E-state index in [-0.39, 0.29) is 5.91 Å². The number of nitrogens with one attached hydrogen (secondary N) is 1. The van der Waals surface area contributed by atoms with Crippen LogP contribution in [0, 0.1) is 6.92 Å². The molecule has 120 valence electrons. The molecule has 23 heavy (non-hydrogen) atoms. The highest BCUT2D eigenvalue weighted by atomic mass is 16.5. The molecule has 1 N–H and O–H groups in total. The second-order valence-corrected chi connectivity index (χ2v) is 5.83. The molecule has 0 spiro atoms. The van der Waals surface area contributed by atoms with Crippen molar-refractivity contribution in [3.8, 4) is 5.75 Å².